The fourth-order valence-corrected chi connectivity index (χ4v) is 2.12. The van der Waals surface area contributed by atoms with E-state index in [2.05, 4.69) is 15.9 Å². The molecule has 0 fully saturated rings. The molecule has 1 aliphatic rings. The Balaban J connectivity index is 2.47. The maximum atomic E-state index is 13.9. The van der Waals surface area contributed by atoms with Crippen molar-refractivity contribution < 1.29 is 18.7 Å². The molecule has 0 aliphatic carbocycles. The summed E-state index contributed by atoms with van der Waals surface area (Å²) in [7, 11) is 0. The van der Waals surface area contributed by atoms with Gasteiger partial charge in [-0.1, -0.05) is 0 Å². The number of benzene rings is 1. The molecule has 2 N–H and O–H groups in total. The van der Waals surface area contributed by atoms with Gasteiger partial charge in [-0.2, -0.15) is 0 Å². The first-order valence-electron chi connectivity index (χ1n) is 5.16. The Hall–Kier alpha value is -1.14. The average Bonchev–Trinajstić information content (AvgIpc) is 2.34. The molecule has 2 rings (SSSR count). The number of hydrogen-bond donors (Lipinski definition) is 1. The molecular weight excluding hydrogens is 293 g/mol. The van der Waals surface area contributed by atoms with Crippen LogP contribution in [0.3, 0.4) is 0 Å². The van der Waals surface area contributed by atoms with Crippen LogP contribution in [-0.4, -0.2) is 25.5 Å². The highest BCUT2D eigenvalue weighted by atomic mass is 79.9. The van der Waals surface area contributed by atoms with Crippen molar-refractivity contribution in [2.24, 2.45) is 5.73 Å². The van der Waals surface area contributed by atoms with E-state index in [-0.39, 0.29) is 28.8 Å². The number of halogens is 2. The number of nitrogens with two attached hydrogens (primary N) is 1. The number of carbonyl (C=O) groups is 1. The minimum absolute atomic E-state index is 0.0217. The van der Waals surface area contributed by atoms with E-state index >= 15 is 0 Å². The average molecular weight is 304 g/mol. The highest BCUT2D eigenvalue weighted by Gasteiger charge is 2.24. The van der Waals surface area contributed by atoms with Crippen LogP contribution in [0.15, 0.2) is 10.5 Å². The largest absolute Gasteiger partial charge is 0.486 e. The summed E-state index contributed by atoms with van der Waals surface area (Å²) in [5.74, 6) is -0.293. The quantitative estimate of drug-likeness (QED) is 0.866. The van der Waals surface area contributed by atoms with Crippen LogP contribution in [0.1, 0.15) is 16.8 Å². The first kappa shape index (κ1) is 12.3. The summed E-state index contributed by atoms with van der Waals surface area (Å²) in [4.78, 5) is 11.7. The molecule has 1 aromatic rings. The van der Waals surface area contributed by atoms with Crippen molar-refractivity contribution in [2.75, 3.05) is 19.8 Å². The topological polar surface area (TPSA) is 61.6 Å². The van der Waals surface area contributed by atoms with Crippen LogP contribution < -0.4 is 15.2 Å². The zero-order chi connectivity index (χ0) is 12.4. The third-order valence-corrected chi connectivity index (χ3v) is 3.10. The number of rotatable bonds is 3. The normalized spacial score (nSPS) is 13.6. The van der Waals surface area contributed by atoms with E-state index in [0.29, 0.717) is 24.7 Å². The molecule has 0 saturated heterocycles. The second-order valence-electron chi connectivity index (χ2n) is 3.54. The molecule has 0 atom stereocenters. The molecule has 6 heteroatoms. The van der Waals surface area contributed by atoms with Gasteiger partial charge in [0.15, 0.2) is 23.1 Å². The molecule has 0 radical (unpaired) electrons. The van der Waals surface area contributed by atoms with E-state index in [1.165, 1.54) is 6.07 Å². The summed E-state index contributed by atoms with van der Waals surface area (Å²) in [5.41, 5.74) is 5.26. The predicted octanol–water partition coefficient (Wildman–Crippen LogP) is 1.89. The van der Waals surface area contributed by atoms with Gasteiger partial charge in [0.1, 0.15) is 13.2 Å². The number of hydrogen-bond acceptors (Lipinski definition) is 4. The van der Waals surface area contributed by atoms with Crippen molar-refractivity contribution in [2.45, 2.75) is 6.42 Å². The van der Waals surface area contributed by atoms with Crippen LogP contribution in [0, 0.1) is 5.82 Å². The van der Waals surface area contributed by atoms with Gasteiger partial charge in [0.05, 0.1) is 10.0 Å². The van der Waals surface area contributed by atoms with Crippen molar-refractivity contribution in [1.82, 2.24) is 0 Å². The molecule has 17 heavy (non-hydrogen) atoms. The highest BCUT2D eigenvalue weighted by Crippen LogP contribution is 2.41. The Morgan fingerprint density at radius 2 is 2.18 bits per heavy atom. The SMILES string of the molecule is NCCC(=O)c1cc2c(c(Br)c1F)OCCO2. The fourth-order valence-electron chi connectivity index (χ4n) is 1.59. The minimum atomic E-state index is -0.632. The van der Waals surface area contributed by atoms with Gasteiger partial charge < -0.3 is 15.2 Å². The summed E-state index contributed by atoms with van der Waals surface area (Å²) < 4.78 is 24.6. The maximum absolute atomic E-state index is 13.9. The lowest BCUT2D eigenvalue weighted by atomic mass is 10.1. The summed E-state index contributed by atoms with van der Waals surface area (Å²) >= 11 is 3.07. The van der Waals surface area contributed by atoms with E-state index in [1.807, 2.05) is 0 Å². The van der Waals surface area contributed by atoms with Gasteiger partial charge >= 0.3 is 0 Å². The van der Waals surface area contributed by atoms with Crippen LogP contribution in [0.2, 0.25) is 0 Å². The fraction of sp³-hybridized carbons (Fsp3) is 0.364. The Morgan fingerprint density at radius 1 is 1.47 bits per heavy atom. The summed E-state index contributed by atoms with van der Waals surface area (Å²) in [6.07, 6.45) is 0.100. The summed E-state index contributed by atoms with van der Waals surface area (Å²) in [5, 5.41) is 0. The smallest absolute Gasteiger partial charge is 0.178 e. The van der Waals surface area contributed by atoms with Gasteiger partial charge in [-0.05, 0) is 28.5 Å². The second-order valence-corrected chi connectivity index (χ2v) is 4.33. The number of fused-ring (bicyclic) bond motifs is 1. The Kier molecular flexibility index (Phi) is 3.63. The number of ketones is 1. The second kappa shape index (κ2) is 5.01. The van der Waals surface area contributed by atoms with Crippen molar-refractivity contribution in [3.05, 3.63) is 21.9 Å². The number of carbonyl (C=O) groups excluding carboxylic acids is 1. The maximum Gasteiger partial charge on any atom is 0.178 e. The van der Waals surface area contributed by atoms with Crippen LogP contribution >= 0.6 is 15.9 Å². The van der Waals surface area contributed by atoms with E-state index in [4.69, 9.17) is 15.2 Å². The Labute approximate surface area is 106 Å². The number of Topliss-reactive ketones (excluding diaryl/α,β-unsaturated/α-hetero) is 1. The minimum Gasteiger partial charge on any atom is -0.486 e. The lowest BCUT2D eigenvalue weighted by Gasteiger charge is -2.20. The first-order chi connectivity index (χ1) is 8.15. The first-order valence-corrected chi connectivity index (χ1v) is 5.95. The van der Waals surface area contributed by atoms with Crippen LogP contribution in [0.25, 0.3) is 0 Å². The lowest BCUT2D eigenvalue weighted by Crippen LogP contribution is -2.18. The van der Waals surface area contributed by atoms with Crippen molar-refractivity contribution >= 4 is 21.7 Å². The van der Waals surface area contributed by atoms with Gasteiger partial charge in [-0.3, -0.25) is 4.79 Å². The van der Waals surface area contributed by atoms with Gasteiger partial charge in [0, 0.05) is 6.42 Å². The Morgan fingerprint density at radius 3 is 2.88 bits per heavy atom. The van der Waals surface area contributed by atoms with E-state index in [1.54, 1.807) is 0 Å². The molecule has 0 aromatic heterocycles. The van der Waals surface area contributed by atoms with Crippen LogP contribution in [0.4, 0.5) is 4.39 Å². The molecular formula is C11H11BrFNO3. The zero-order valence-electron chi connectivity index (χ0n) is 8.96. The zero-order valence-corrected chi connectivity index (χ0v) is 10.5. The van der Waals surface area contributed by atoms with Crippen LogP contribution in [0.5, 0.6) is 11.5 Å². The molecule has 1 heterocycles. The third kappa shape index (κ3) is 2.28. The molecule has 0 unspecified atom stereocenters. The van der Waals surface area contributed by atoms with E-state index < -0.39 is 5.82 Å². The lowest BCUT2D eigenvalue weighted by molar-refractivity contribution is 0.0979. The third-order valence-electron chi connectivity index (χ3n) is 2.39. The van der Waals surface area contributed by atoms with Gasteiger partial charge in [-0.15, -0.1) is 0 Å². The van der Waals surface area contributed by atoms with Crippen LogP contribution in [-0.2, 0) is 0 Å². The van der Waals surface area contributed by atoms with Crippen molar-refractivity contribution in [3.63, 3.8) is 0 Å². The van der Waals surface area contributed by atoms with E-state index in [0.717, 1.165) is 0 Å². The molecule has 92 valence electrons. The molecule has 1 aliphatic heterocycles. The highest BCUT2D eigenvalue weighted by molar-refractivity contribution is 9.10. The van der Waals surface area contributed by atoms with Gasteiger partial charge in [0.25, 0.3) is 0 Å². The van der Waals surface area contributed by atoms with E-state index in [9.17, 15) is 9.18 Å². The summed E-state index contributed by atoms with van der Waals surface area (Å²) in [6, 6.07) is 1.37. The standard InChI is InChI=1S/C11H11BrFNO3/c12-9-10(13)6(7(15)1-2-14)5-8-11(9)17-4-3-16-8/h5H,1-4,14H2. The molecule has 0 spiro atoms. The number of ether oxygens (including phenoxy) is 2. The van der Waals surface area contributed by atoms with Gasteiger partial charge in [-0.25, -0.2) is 4.39 Å². The molecule has 0 amide bonds. The van der Waals surface area contributed by atoms with Gasteiger partial charge in [0.2, 0.25) is 0 Å². The monoisotopic (exact) mass is 303 g/mol. The predicted molar refractivity (Wildman–Crippen MR) is 63.1 cm³/mol. The molecule has 1 aromatic carbocycles. The summed E-state index contributed by atoms with van der Waals surface area (Å²) in [6.45, 7) is 0.932. The molecule has 4 nitrogen and oxygen atoms in total. The molecule has 0 saturated carbocycles. The Bertz CT molecular complexity index is 465. The van der Waals surface area contributed by atoms with Crippen molar-refractivity contribution in [1.29, 1.82) is 0 Å². The molecule has 0 bridgehead atoms. The van der Waals surface area contributed by atoms with Crippen molar-refractivity contribution in [3.8, 4) is 11.5 Å².